The van der Waals surface area contributed by atoms with Crippen molar-refractivity contribution in [3.05, 3.63) is 51.6 Å². The van der Waals surface area contributed by atoms with Gasteiger partial charge in [0, 0.05) is 54.8 Å². The predicted octanol–water partition coefficient (Wildman–Crippen LogP) is 3.97. The highest BCUT2D eigenvalue weighted by Crippen LogP contribution is 2.53. The molecule has 5 aliphatic rings. The second kappa shape index (κ2) is 15.1. The molecule has 2 aromatic rings. The van der Waals surface area contributed by atoms with Crippen LogP contribution in [0.2, 0.25) is 0 Å². The van der Waals surface area contributed by atoms with E-state index in [4.69, 9.17) is 28.4 Å². The minimum atomic E-state index is -1.36. The minimum Gasteiger partial charge on any atom is -0.507 e. The number of hydrogen-bond acceptors (Lipinski definition) is 14. The molecule has 2 aliphatic carbocycles. The first-order valence-corrected chi connectivity index (χ1v) is 19.1. The Labute approximate surface area is 314 Å². The van der Waals surface area contributed by atoms with E-state index in [9.17, 15) is 35.1 Å². The summed E-state index contributed by atoms with van der Waals surface area (Å²) in [5.41, 5.74) is -2.24. The molecule has 3 fully saturated rings. The van der Waals surface area contributed by atoms with Crippen molar-refractivity contribution in [2.24, 2.45) is 0 Å². The zero-order chi connectivity index (χ0) is 38.8. The van der Waals surface area contributed by atoms with Gasteiger partial charge in [-0.05, 0) is 60.2 Å². The maximum absolute atomic E-state index is 13.8. The molecule has 0 aromatic heterocycles. The molecule has 14 nitrogen and oxygen atoms in total. The predicted molar refractivity (Wildman–Crippen MR) is 191 cm³/mol. The number of benzene rings is 2. The van der Waals surface area contributed by atoms with Crippen molar-refractivity contribution >= 4 is 11.6 Å². The number of carbonyl (C=O) groups excluding carboxylic acids is 2. The lowest BCUT2D eigenvalue weighted by molar-refractivity contribution is -0.314. The van der Waals surface area contributed by atoms with Gasteiger partial charge in [-0.3, -0.25) is 9.59 Å². The van der Waals surface area contributed by atoms with E-state index < -0.39 is 83.3 Å². The van der Waals surface area contributed by atoms with Crippen LogP contribution in [0.25, 0.3) is 0 Å². The highest BCUT2D eigenvalue weighted by molar-refractivity contribution is 6.31. The zero-order valence-electron chi connectivity index (χ0n) is 31.7. The molecule has 0 radical (unpaired) electrons. The molecule has 0 bridgehead atoms. The van der Waals surface area contributed by atoms with Crippen LogP contribution < -0.4 is 0 Å². The molecule has 2 aromatic carbocycles. The van der Waals surface area contributed by atoms with Crippen molar-refractivity contribution in [2.45, 2.75) is 152 Å². The van der Waals surface area contributed by atoms with Crippen molar-refractivity contribution in [3.63, 3.8) is 0 Å². The van der Waals surface area contributed by atoms with E-state index in [-0.39, 0.29) is 71.4 Å². The first kappa shape index (κ1) is 39.1. The number of ether oxygens (including phenoxy) is 6. The quantitative estimate of drug-likeness (QED) is 0.207. The Hall–Kier alpha value is -3.18. The smallest absolute Gasteiger partial charge is 0.202 e. The lowest BCUT2D eigenvalue weighted by Gasteiger charge is -2.47. The normalized spacial score (nSPS) is 36.8. The van der Waals surface area contributed by atoms with Crippen molar-refractivity contribution in [3.8, 4) is 17.2 Å². The van der Waals surface area contributed by atoms with Crippen LogP contribution in [0.3, 0.4) is 0 Å². The van der Waals surface area contributed by atoms with Crippen LogP contribution in [0.1, 0.15) is 122 Å². The van der Waals surface area contributed by atoms with Gasteiger partial charge in [0.2, 0.25) is 5.78 Å². The Morgan fingerprint density at radius 3 is 2.17 bits per heavy atom. The van der Waals surface area contributed by atoms with Gasteiger partial charge in [0.15, 0.2) is 24.7 Å². The molecular weight excluding hydrogens is 702 g/mol. The molecule has 296 valence electrons. The van der Waals surface area contributed by atoms with Crippen LogP contribution in [0.15, 0.2) is 18.2 Å². The maximum Gasteiger partial charge on any atom is 0.202 e. The summed E-state index contributed by atoms with van der Waals surface area (Å²) in [6, 6.07) is 3.89. The number of aliphatic hydroxyl groups excluding tert-OH is 1. The number of rotatable bonds is 8. The van der Waals surface area contributed by atoms with Crippen molar-refractivity contribution in [1.82, 2.24) is 4.90 Å². The SMILES string of the molecule is CC[C@]1(O)Cc2c(O)c3c(c(O)c2[C@@H](O[C@H]2C[C@H](N(C)C)[C@H](O[C@H]4CC[C@H](O[C@H]5CC[C@H](O)[C@H](C)O5)[C@H](C)O4)[C@H](C)O2)C1)C(=O)c1c(O)cccc1C3=O. The lowest BCUT2D eigenvalue weighted by atomic mass is 9.72. The maximum atomic E-state index is 13.8. The van der Waals surface area contributed by atoms with Gasteiger partial charge in [0.25, 0.3) is 0 Å². The summed E-state index contributed by atoms with van der Waals surface area (Å²) in [5, 5.41) is 55.6. The van der Waals surface area contributed by atoms with Crippen LogP contribution in [-0.2, 0) is 34.8 Å². The summed E-state index contributed by atoms with van der Waals surface area (Å²) in [6.45, 7) is 7.47. The molecule has 0 saturated carbocycles. The van der Waals surface area contributed by atoms with Gasteiger partial charge in [-0.25, -0.2) is 0 Å². The monoisotopic (exact) mass is 755 g/mol. The number of fused-ring (bicyclic) bond motifs is 3. The fraction of sp³-hybridized carbons (Fsp3) is 0.650. The van der Waals surface area contributed by atoms with Gasteiger partial charge in [0.1, 0.15) is 23.4 Å². The Morgan fingerprint density at radius 1 is 0.815 bits per heavy atom. The number of likely N-dealkylation sites (N-methyl/N-ethyl adjacent to an activating group) is 1. The Balaban J connectivity index is 1.09. The molecule has 0 amide bonds. The van der Waals surface area contributed by atoms with E-state index >= 15 is 0 Å². The molecule has 3 aliphatic heterocycles. The third-order valence-corrected chi connectivity index (χ3v) is 12.0. The van der Waals surface area contributed by atoms with E-state index in [1.54, 1.807) is 6.92 Å². The molecule has 3 saturated heterocycles. The largest absolute Gasteiger partial charge is 0.507 e. The summed E-state index contributed by atoms with van der Waals surface area (Å²) in [5.74, 6) is -2.96. The molecule has 14 heteroatoms. The van der Waals surface area contributed by atoms with Gasteiger partial charge < -0.3 is 58.9 Å². The van der Waals surface area contributed by atoms with Gasteiger partial charge in [-0.15, -0.1) is 0 Å². The topological polar surface area (TPSA) is 194 Å². The summed E-state index contributed by atoms with van der Waals surface area (Å²) >= 11 is 0. The first-order valence-electron chi connectivity index (χ1n) is 19.1. The van der Waals surface area contributed by atoms with Crippen LogP contribution in [-0.4, -0.2) is 123 Å². The molecule has 12 atom stereocenters. The van der Waals surface area contributed by atoms with Gasteiger partial charge in [-0.1, -0.05) is 19.1 Å². The summed E-state index contributed by atoms with van der Waals surface area (Å²) in [7, 11) is 3.87. The Bertz CT molecular complexity index is 1770. The molecule has 5 N–H and O–H groups in total. The number of aromatic hydroxyl groups is 3. The highest BCUT2D eigenvalue weighted by atomic mass is 16.7. The summed E-state index contributed by atoms with van der Waals surface area (Å²) in [6.07, 6.45) is -1.81. The number of nitrogens with zero attached hydrogens (tertiary/aromatic N) is 1. The van der Waals surface area contributed by atoms with Gasteiger partial charge >= 0.3 is 0 Å². The standard InChI is InChI=1S/C40H53NO13/c1-7-40(48)16-22-32(38(47)34-33(36(22)45)35(44)21-9-8-10-25(43)31(21)37(34)46)27(17-40)53-30-15-23(41(5)6)39(20(4)51-30)54-29-14-12-26(19(3)50-29)52-28-13-11-24(42)18(2)49-28/h8-10,18-20,23-24,26-30,39,42-43,45,47-48H,7,11-17H2,1-6H3/t18-,19-,20-,23-,24-,26-,27-,28-,29-,30-,39+,40-/m0/s1. The van der Waals surface area contributed by atoms with E-state index in [2.05, 4.69) is 0 Å². The summed E-state index contributed by atoms with van der Waals surface area (Å²) < 4.78 is 38.0. The van der Waals surface area contributed by atoms with E-state index in [1.807, 2.05) is 39.8 Å². The average molecular weight is 756 g/mol. The highest BCUT2D eigenvalue weighted by Gasteiger charge is 2.48. The third-order valence-electron chi connectivity index (χ3n) is 12.0. The van der Waals surface area contributed by atoms with Crippen LogP contribution in [0.4, 0.5) is 0 Å². The van der Waals surface area contributed by atoms with E-state index in [0.717, 1.165) is 0 Å². The second-order valence-electron chi connectivity index (χ2n) is 15.9. The van der Waals surface area contributed by atoms with Gasteiger partial charge in [-0.2, -0.15) is 0 Å². The number of aliphatic hydroxyl groups is 2. The molecule has 0 spiro atoms. The van der Waals surface area contributed by atoms with Crippen molar-refractivity contribution in [2.75, 3.05) is 14.1 Å². The van der Waals surface area contributed by atoms with Gasteiger partial charge in [0.05, 0.1) is 58.9 Å². The number of ketones is 2. The average Bonchev–Trinajstić information content (AvgIpc) is 3.12. The molecule has 0 unspecified atom stereocenters. The van der Waals surface area contributed by atoms with Crippen molar-refractivity contribution in [1.29, 1.82) is 0 Å². The Kier molecular flexibility index (Phi) is 10.9. The first-order chi connectivity index (χ1) is 25.6. The molecule has 3 heterocycles. The minimum absolute atomic E-state index is 0.0233. The second-order valence-corrected chi connectivity index (χ2v) is 15.9. The van der Waals surface area contributed by atoms with Crippen LogP contribution in [0, 0.1) is 0 Å². The summed E-state index contributed by atoms with van der Waals surface area (Å²) in [4.78, 5) is 29.4. The molecular formula is C40H53NO13. The fourth-order valence-corrected chi connectivity index (χ4v) is 8.83. The van der Waals surface area contributed by atoms with Crippen LogP contribution in [0.5, 0.6) is 17.2 Å². The molecule has 7 rings (SSSR count). The number of carbonyl (C=O) groups is 2. The third kappa shape index (κ3) is 7.05. The lowest BCUT2D eigenvalue weighted by Crippen LogP contribution is -2.56. The number of hydrogen-bond donors (Lipinski definition) is 5. The van der Waals surface area contributed by atoms with Crippen LogP contribution >= 0.6 is 0 Å². The fourth-order valence-electron chi connectivity index (χ4n) is 8.83. The number of phenolic OH excluding ortho intramolecular Hbond substituents is 3. The number of phenols is 3. The Morgan fingerprint density at radius 2 is 1.48 bits per heavy atom. The van der Waals surface area contributed by atoms with E-state index in [1.165, 1.54) is 18.2 Å². The van der Waals surface area contributed by atoms with E-state index in [0.29, 0.717) is 32.1 Å². The zero-order valence-corrected chi connectivity index (χ0v) is 31.7. The molecule has 54 heavy (non-hydrogen) atoms. The van der Waals surface area contributed by atoms with Crippen molar-refractivity contribution < 1.29 is 63.5 Å².